The third-order valence-electron chi connectivity index (χ3n) is 3.68. The van der Waals surface area contributed by atoms with Crippen LogP contribution in [0, 0.1) is 0 Å². The molecule has 1 aliphatic rings. The van der Waals surface area contributed by atoms with Crippen molar-refractivity contribution in [3.8, 4) is 0 Å². The van der Waals surface area contributed by atoms with E-state index in [0.29, 0.717) is 11.8 Å². The lowest BCUT2D eigenvalue weighted by atomic mass is 9.96. The van der Waals surface area contributed by atoms with Crippen molar-refractivity contribution < 1.29 is 4.42 Å². The van der Waals surface area contributed by atoms with Gasteiger partial charge in [0.2, 0.25) is 11.8 Å². The zero-order chi connectivity index (χ0) is 12.6. The van der Waals surface area contributed by atoms with E-state index in [2.05, 4.69) is 22.3 Å². The number of hydrogen-bond acceptors (Lipinski definition) is 4. The first-order valence-corrected chi connectivity index (χ1v) is 6.41. The van der Waals surface area contributed by atoms with Crippen LogP contribution in [0.5, 0.6) is 0 Å². The van der Waals surface area contributed by atoms with E-state index in [4.69, 9.17) is 10.2 Å². The molecule has 18 heavy (non-hydrogen) atoms. The van der Waals surface area contributed by atoms with Gasteiger partial charge in [0, 0.05) is 0 Å². The Labute approximate surface area is 106 Å². The summed E-state index contributed by atoms with van der Waals surface area (Å²) in [6.07, 6.45) is 2.94. The van der Waals surface area contributed by atoms with Crippen molar-refractivity contribution in [1.82, 2.24) is 10.2 Å². The molecule has 0 saturated heterocycles. The van der Waals surface area contributed by atoms with Crippen molar-refractivity contribution in [3.63, 3.8) is 0 Å². The smallest absolute Gasteiger partial charge is 0.233 e. The average molecular weight is 243 g/mol. The minimum Gasteiger partial charge on any atom is -0.423 e. The van der Waals surface area contributed by atoms with Gasteiger partial charge >= 0.3 is 0 Å². The zero-order valence-corrected chi connectivity index (χ0v) is 10.5. The monoisotopic (exact) mass is 243 g/mol. The van der Waals surface area contributed by atoms with Crippen LogP contribution in [0.3, 0.4) is 0 Å². The van der Waals surface area contributed by atoms with Crippen LogP contribution in [0.4, 0.5) is 0 Å². The van der Waals surface area contributed by atoms with Crippen LogP contribution in [0.25, 0.3) is 0 Å². The van der Waals surface area contributed by atoms with Gasteiger partial charge in [-0.2, -0.15) is 0 Å². The lowest BCUT2D eigenvalue weighted by Gasteiger charge is -2.10. The van der Waals surface area contributed by atoms with Gasteiger partial charge in [-0.25, -0.2) is 0 Å². The fraction of sp³-hybridized carbons (Fsp3) is 0.429. The Morgan fingerprint density at radius 1 is 1.28 bits per heavy atom. The van der Waals surface area contributed by atoms with Crippen molar-refractivity contribution in [2.24, 2.45) is 5.73 Å². The maximum Gasteiger partial charge on any atom is 0.233 e. The summed E-state index contributed by atoms with van der Waals surface area (Å²) in [6, 6.07) is 10.2. The van der Waals surface area contributed by atoms with E-state index in [1.54, 1.807) is 0 Å². The van der Waals surface area contributed by atoms with Gasteiger partial charge < -0.3 is 10.2 Å². The molecule has 0 spiro atoms. The molecule has 1 atom stereocenters. The summed E-state index contributed by atoms with van der Waals surface area (Å²) in [5.74, 6) is 1.27. The SMILES string of the molecule is CCC(N)c1nnc(C2(c3ccccc3)CC2)o1. The molecule has 0 aliphatic heterocycles. The minimum absolute atomic E-state index is 0.0556. The lowest BCUT2D eigenvalue weighted by Crippen LogP contribution is -2.09. The minimum atomic E-state index is -0.155. The summed E-state index contributed by atoms with van der Waals surface area (Å²) in [4.78, 5) is 0. The first-order chi connectivity index (χ1) is 8.76. The molecule has 1 heterocycles. The van der Waals surface area contributed by atoms with Gasteiger partial charge in [0.1, 0.15) is 0 Å². The Bertz CT molecular complexity index is 531. The number of nitrogens with two attached hydrogens (primary N) is 1. The molecule has 2 aromatic rings. The Morgan fingerprint density at radius 2 is 2.00 bits per heavy atom. The Morgan fingerprint density at radius 3 is 2.61 bits per heavy atom. The molecule has 1 fully saturated rings. The summed E-state index contributed by atoms with van der Waals surface area (Å²) in [5, 5.41) is 8.28. The van der Waals surface area contributed by atoms with Crippen molar-refractivity contribution >= 4 is 0 Å². The number of nitrogens with zero attached hydrogens (tertiary/aromatic N) is 2. The summed E-state index contributed by atoms with van der Waals surface area (Å²) >= 11 is 0. The number of rotatable bonds is 4. The molecule has 4 heteroatoms. The second-order valence-electron chi connectivity index (χ2n) is 4.91. The third-order valence-corrected chi connectivity index (χ3v) is 3.68. The van der Waals surface area contributed by atoms with E-state index in [1.165, 1.54) is 5.56 Å². The van der Waals surface area contributed by atoms with Crippen LogP contribution in [-0.4, -0.2) is 10.2 Å². The molecule has 94 valence electrons. The standard InChI is InChI=1S/C14H17N3O/c1-2-11(15)12-16-17-13(18-12)14(8-9-14)10-6-4-3-5-7-10/h3-7,11H,2,8-9,15H2,1H3. The maximum absolute atomic E-state index is 5.91. The fourth-order valence-electron chi connectivity index (χ4n) is 2.26. The van der Waals surface area contributed by atoms with Crippen LogP contribution in [0.1, 0.15) is 49.6 Å². The highest BCUT2D eigenvalue weighted by molar-refractivity contribution is 5.37. The fourth-order valence-corrected chi connectivity index (χ4v) is 2.26. The highest BCUT2D eigenvalue weighted by Crippen LogP contribution is 2.52. The van der Waals surface area contributed by atoms with Gasteiger partial charge in [0.15, 0.2) is 0 Å². The highest BCUT2D eigenvalue weighted by Gasteiger charge is 2.50. The van der Waals surface area contributed by atoms with Gasteiger partial charge in [0.05, 0.1) is 11.5 Å². The van der Waals surface area contributed by atoms with E-state index < -0.39 is 0 Å². The van der Waals surface area contributed by atoms with E-state index in [0.717, 1.165) is 19.3 Å². The molecule has 1 unspecified atom stereocenters. The first kappa shape index (κ1) is 11.4. The molecule has 2 N–H and O–H groups in total. The van der Waals surface area contributed by atoms with Gasteiger partial charge in [-0.05, 0) is 24.8 Å². The number of benzene rings is 1. The topological polar surface area (TPSA) is 64.9 Å². The zero-order valence-electron chi connectivity index (χ0n) is 10.5. The molecule has 1 aromatic heterocycles. The molecular formula is C14H17N3O. The van der Waals surface area contributed by atoms with Crippen molar-refractivity contribution in [2.75, 3.05) is 0 Å². The molecule has 0 radical (unpaired) electrons. The van der Waals surface area contributed by atoms with Gasteiger partial charge in [-0.1, -0.05) is 37.3 Å². The summed E-state index contributed by atoms with van der Waals surface area (Å²) in [7, 11) is 0. The second kappa shape index (κ2) is 4.21. The predicted molar refractivity (Wildman–Crippen MR) is 68.0 cm³/mol. The maximum atomic E-state index is 5.91. The average Bonchev–Trinajstić information content (AvgIpc) is 3.10. The van der Waals surface area contributed by atoms with Crippen LogP contribution in [0.15, 0.2) is 34.7 Å². The van der Waals surface area contributed by atoms with Crippen LogP contribution in [0.2, 0.25) is 0 Å². The Balaban J connectivity index is 1.93. The summed E-state index contributed by atoms with van der Waals surface area (Å²) in [5.41, 5.74) is 7.11. The lowest BCUT2D eigenvalue weighted by molar-refractivity contribution is 0.396. The molecule has 0 amide bonds. The molecule has 1 saturated carbocycles. The largest absolute Gasteiger partial charge is 0.423 e. The van der Waals surface area contributed by atoms with Crippen molar-refractivity contribution in [1.29, 1.82) is 0 Å². The van der Waals surface area contributed by atoms with Crippen molar-refractivity contribution in [3.05, 3.63) is 47.7 Å². The molecule has 0 bridgehead atoms. The molecule has 4 nitrogen and oxygen atoms in total. The van der Waals surface area contributed by atoms with Gasteiger partial charge in [-0.15, -0.1) is 10.2 Å². The van der Waals surface area contributed by atoms with E-state index in [-0.39, 0.29) is 11.5 Å². The second-order valence-corrected chi connectivity index (χ2v) is 4.91. The van der Waals surface area contributed by atoms with Crippen LogP contribution in [-0.2, 0) is 5.41 Å². The molecule has 1 aliphatic carbocycles. The van der Waals surface area contributed by atoms with Gasteiger partial charge in [-0.3, -0.25) is 0 Å². The Kier molecular flexibility index (Phi) is 2.67. The third kappa shape index (κ3) is 1.73. The molecule has 1 aromatic carbocycles. The van der Waals surface area contributed by atoms with E-state index in [1.807, 2.05) is 25.1 Å². The number of hydrogen-bond donors (Lipinski definition) is 1. The van der Waals surface area contributed by atoms with Crippen molar-refractivity contribution in [2.45, 2.75) is 37.6 Å². The predicted octanol–water partition coefficient (Wildman–Crippen LogP) is 2.56. The summed E-state index contributed by atoms with van der Waals surface area (Å²) < 4.78 is 5.77. The quantitative estimate of drug-likeness (QED) is 0.896. The van der Waals surface area contributed by atoms with E-state index in [9.17, 15) is 0 Å². The number of aromatic nitrogens is 2. The highest BCUT2D eigenvalue weighted by atomic mass is 16.4. The Hall–Kier alpha value is -1.68. The van der Waals surface area contributed by atoms with Crippen LogP contribution >= 0.6 is 0 Å². The first-order valence-electron chi connectivity index (χ1n) is 6.41. The van der Waals surface area contributed by atoms with Crippen LogP contribution < -0.4 is 5.73 Å². The molecule has 3 rings (SSSR count). The molecular weight excluding hydrogens is 226 g/mol. The summed E-state index contributed by atoms with van der Waals surface area (Å²) in [6.45, 7) is 2.01. The normalized spacial score (nSPS) is 18.6. The van der Waals surface area contributed by atoms with Gasteiger partial charge in [0.25, 0.3) is 0 Å². The van der Waals surface area contributed by atoms with E-state index >= 15 is 0 Å².